The van der Waals surface area contributed by atoms with E-state index < -0.39 is 11.2 Å². The lowest BCUT2D eigenvalue weighted by Gasteiger charge is -2.11. The highest BCUT2D eigenvalue weighted by Gasteiger charge is 2.14. The van der Waals surface area contributed by atoms with Crippen LogP contribution < -0.4 is 17.0 Å². The maximum Gasteiger partial charge on any atom is 0.332 e. The molecule has 1 aromatic carbocycles. The zero-order valence-electron chi connectivity index (χ0n) is 10.0. The van der Waals surface area contributed by atoms with E-state index in [2.05, 4.69) is 0 Å². The van der Waals surface area contributed by atoms with Crippen molar-refractivity contribution in [2.24, 2.45) is 14.1 Å². The van der Waals surface area contributed by atoms with Gasteiger partial charge in [0.05, 0.1) is 5.56 Å². The van der Waals surface area contributed by atoms with E-state index in [1.165, 1.54) is 30.8 Å². The summed E-state index contributed by atoms with van der Waals surface area (Å²) < 4.78 is 2.21. The summed E-state index contributed by atoms with van der Waals surface area (Å²) in [5.41, 5.74) is 5.69. The van der Waals surface area contributed by atoms with Gasteiger partial charge in [-0.2, -0.15) is 0 Å². The average Bonchev–Trinajstić information content (AvgIpc) is 2.36. The molecule has 1 aromatic heterocycles. The van der Waals surface area contributed by atoms with E-state index >= 15 is 0 Å². The monoisotopic (exact) mass is 247 g/mol. The fourth-order valence-corrected chi connectivity index (χ4v) is 1.76. The minimum Gasteiger partial charge on any atom is -0.508 e. The molecule has 2 rings (SSSR count). The molecule has 6 heteroatoms. The van der Waals surface area contributed by atoms with Gasteiger partial charge < -0.3 is 10.8 Å². The molecular formula is C12H13N3O3. The Morgan fingerprint density at radius 1 is 1.06 bits per heavy atom. The maximum absolute atomic E-state index is 12.1. The Balaban J connectivity index is 2.84. The van der Waals surface area contributed by atoms with Gasteiger partial charge in [-0.05, 0) is 17.7 Å². The summed E-state index contributed by atoms with van der Waals surface area (Å²) in [6.45, 7) is 0. The standard InChI is InChI=1S/C12H13N3O3/c1-14-10(13)9(11(17)15(2)12(14)18)7-3-5-8(16)6-4-7/h3-6,16H,13H2,1-2H3. The van der Waals surface area contributed by atoms with Crippen LogP contribution in [0.3, 0.4) is 0 Å². The predicted molar refractivity (Wildman–Crippen MR) is 68.4 cm³/mol. The third kappa shape index (κ3) is 1.67. The first-order chi connectivity index (χ1) is 8.43. The van der Waals surface area contributed by atoms with Gasteiger partial charge in [0, 0.05) is 14.1 Å². The zero-order chi connectivity index (χ0) is 13.4. The molecule has 0 unspecified atom stereocenters. The highest BCUT2D eigenvalue weighted by Crippen LogP contribution is 2.22. The van der Waals surface area contributed by atoms with Crippen LogP contribution in [0.4, 0.5) is 5.82 Å². The summed E-state index contributed by atoms with van der Waals surface area (Å²) in [5.74, 6) is 0.202. The number of phenols is 1. The van der Waals surface area contributed by atoms with Crippen LogP contribution in [-0.2, 0) is 14.1 Å². The number of rotatable bonds is 1. The van der Waals surface area contributed by atoms with Gasteiger partial charge in [-0.15, -0.1) is 0 Å². The van der Waals surface area contributed by atoms with Gasteiger partial charge in [0.15, 0.2) is 0 Å². The number of aromatic nitrogens is 2. The highest BCUT2D eigenvalue weighted by atomic mass is 16.3. The lowest BCUT2D eigenvalue weighted by molar-refractivity contribution is 0.475. The third-order valence-electron chi connectivity index (χ3n) is 2.87. The third-order valence-corrected chi connectivity index (χ3v) is 2.87. The minimum absolute atomic E-state index is 0.0963. The minimum atomic E-state index is -0.472. The van der Waals surface area contributed by atoms with Crippen LogP contribution in [0.25, 0.3) is 11.1 Å². The molecule has 18 heavy (non-hydrogen) atoms. The number of anilines is 1. The summed E-state index contributed by atoms with van der Waals surface area (Å²) in [6.07, 6.45) is 0. The number of hydrogen-bond acceptors (Lipinski definition) is 4. The number of nitrogen functional groups attached to an aromatic ring is 1. The van der Waals surface area contributed by atoms with Crippen LogP contribution in [0.5, 0.6) is 5.75 Å². The molecule has 0 aliphatic carbocycles. The zero-order valence-corrected chi connectivity index (χ0v) is 10.0. The summed E-state index contributed by atoms with van der Waals surface area (Å²) in [4.78, 5) is 23.7. The Bertz CT molecular complexity index is 711. The number of aromatic hydroxyl groups is 1. The molecule has 1 heterocycles. The van der Waals surface area contributed by atoms with Crippen LogP contribution in [0.15, 0.2) is 33.9 Å². The van der Waals surface area contributed by atoms with Gasteiger partial charge in [-0.3, -0.25) is 13.9 Å². The lowest BCUT2D eigenvalue weighted by Crippen LogP contribution is -2.39. The molecule has 2 aromatic rings. The summed E-state index contributed by atoms with van der Waals surface area (Å²) in [7, 11) is 2.90. The fourth-order valence-electron chi connectivity index (χ4n) is 1.76. The molecule has 0 amide bonds. The highest BCUT2D eigenvalue weighted by molar-refractivity contribution is 5.73. The Kier molecular flexibility index (Phi) is 2.70. The largest absolute Gasteiger partial charge is 0.508 e. The van der Waals surface area contributed by atoms with E-state index in [1.54, 1.807) is 12.1 Å². The molecular weight excluding hydrogens is 234 g/mol. The van der Waals surface area contributed by atoms with Crippen LogP contribution in [-0.4, -0.2) is 14.2 Å². The second kappa shape index (κ2) is 4.06. The first-order valence-electron chi connectivity index (χ1n) is 5.28. The van der Waals surface area contributed by atoms with Crippen LogP contribution in [0.2, 0.25) is 0 Å². The second-order valence-corrected chi connectivity index (χ2v) is 4.01. The van der Waals surface area contributed by atoms with Crippen LogP contribution >= 0.6 is 0 Å². The van der Waals surface area contributed by atoms with E-state index in [1.807, 2.05) is 0 Å². The molecule has 94 valence electrons. The van der Waals surface area contributed by atoms with Gasteiger partial charge in [-0.25, -0.2) is 4.79 Å². The van der Waals surface area contributed by atoms with Crippen molar-refractivity contribution in [3.8, 4) is 16.9 Å². The Morgan fingerprint density at radius 2 is 1.61 bits per heavy atom. The molecule has 6 nitrogen and oxygen atoms in total. The first kappa shape index (κ1) is 12.0. The average molecular weight is 247 g/mol. The number of benzene rings is 1. The van der Waals surface area contributed by atoms with E-state index in [0.717, 1.165) is 4.57 Å². The number of nitrogens with two attached hydrogens (primary N) is 1. The molecule has 3 N–H and O–H groups in total. The van der Waals surface area contributed by atoms with Crippen molar-refractivity contribution in [2.75, 3.05) is 5.73 Å². The quantitative estimate of drug-likeness (QED) is 0.744. The number of nitrogens with zero attached hydrogens (tertiary/aromatic N) is 2. The summed E-state index contributed by atoms with van der Waals surface area (Å²) in [5, 5.41) is 9.23. The molecule has 0 atom stereocenters. The molecule has 0 radical (unpaired) electrons. The maximum atomic E-state index is 12.1. The molecule has 0 fully saturated rings. The summed E-state index contributed by atoms with van der Waals surface area (Å²) >= 11 is 0. The topological polar surface area (TPSA) is 90.2 Å². The fraction of sp³-hybridized carbons (Fsp3) is 0.167. The van der Waals surface area contributed by atoms with Crippen molar-refractivity contribution in [2.45, 2.75) is 0 Å². The molecule has 0 bridgehead atoms. The predicted octanol–water partition coefficient (Wildman–Crippen LogP) is 0.0388. The number of phenolic OH excluding ortho intramolecular Hbond substituents is 1. The summed E-state index contributed by atoms with van der Waals surface area (Å²) in [6, 6.07) is 6.07. The molecule has 0 aliphatic heterocycles. The van der Waals surface area contributed by atoms with Gasteiger partial charge in [0.1, 0.15) is 11.6 Å². The number of hydrogen-bond donors (Lipinski definition) is 2. The lowest BCUT2D eigenvalue weighted by atomic mass is 10.1. The van der Waals surface area contributed by atoms with Crippen molar-refractivity contribution < 1.29 is 5.11 Å². The normalized spacial score (nSPS) is 10.6. The Hall–Kier alpha value is -2.50. The molecule has 0 saturated heterocycles. The Labute approximate surface area is 103 Å². The van der Waals surface area contributed by atoms with E-state index in [0.29, 0.717) is 5.56 Å². The van der Waals surface area contributed by atoms with E-state index in [9.17, 15) is 14.7 Å². The van der Waals surface area contributed by atoms with E-state index in [4.69, 9.17) is 5.73 Å². The van der Waals surface area contributed by atoms with E-state index in [-0.39, 0.29) is 17.1 Å². The van der Waals surface area contributed by atoms with Crippen molar-refractivity contribution in [1.82, 2.24) is 9.13 Å². The first-order valence-corrected chi connectivity index (χ1v) is 5.28. The van der Waals surface area contributed by atoms with Gasteiger partial charge in [-0.1, -0.05) is 12.1 Å². The molecule has 0 spiro atoms. The second-order valence-electron chi connectivity index (χ2n) is 4.01. The van der Waals surface area contributed by atoms with Crippen LogP contribution in [0.1, 0.15) is 0 Å². The Morgan fingerprint density at radius 3 is 2.17 bits per heavy atom. The van der Waals surface area contributed by atoms with Crippen molar-refractivity contribution in [3.05, 3.63) is 45.1 Å². The van der Waals surface area contributed by atoms with Crippen LogP contribution in [0, 0.1) is 0 Å². The molecule has 0 aliphatic rings. The van der Waals surface area contributed by atoms with Gasteiger partial charge in [0.2, 0.25) is 0 Å². The van der Waals surface area contributed by atoms with Crippen molar-refractivity contribution in [3.63, 3.8) is 0 Å². The smallest absolute Gasteiger partial charge is 0.332 e. The van der Waals surface area contributed by atoms with Gasteiger partial charge >= 0.3 is 5.69 Å². The van der Waals surface area contributed by atoms with Gasteiger partial charge in [0.25, 0.3) is 5.56 Å². The van der Waals surface area contributed by atoms with Crippen molar-refractivity contribution >= 4 is 5.82 Å². The van der Waals surface area contributed by atoms with Crippen molar-refractivity contribution in [1.29, 1.82) is 0 Å². The SMILES string of the molecule is Cn1c(N)c(-c2ccc(O)cc2)c(=O)n(C)c1=O. The molecule has 0 saturated carbocycles.